The van der Waals surface area contributed by atoms with E-state index in [9.17, 15) is 5.11 Å². The molecule has 4 aromatic rings. The molecular formula is C21H21ClN6OS. The second kappa shape index (κ2) is 8.31. The number of thiazole rings is 1. The lowest BCUT2D eigenvalue weighted by atomic mass is 10.1. The number of aromatic amines is 1. The number of H-pyrrole nitrogens is 1. The third-order valence-electron chi connectivity index (χ3n) is 5.31. The van der Waals surface area contributed by atoms with Crippen molar-refractivity contribution >= 4 is 44.8 Å². The maximum absolute atomic E-state index is 9.67. The molecule has 154 valence electrons. The van der Waals surface area contributed by atoms with E-state index in [-0.39, 0.29) is 6.10 Å². The summed E-state index contributed by atoms with van der Waals surface area (Å²) in [7, 11) is 0. The molecule has 0 amide bonds. The van der Waals surface area contributed by atoms with Gasteiger partial charge in [0.05, 0.1) is 22.3 Å². The van der Waals surface area contributed by atoms with Crippen molar-refractivity contribution in [1.29, 1.82) is 0 Å². The summed E-state index contributed by atoms with van der Waals surface area (Å²) < 4.78 is 0. The number of anilines is 2. The molecular weight excluding hydrogens is 420 g/mol. The van der Waals surface area contributed by atoms with Crippen LogP contribution in [0, 0.1) is 0 Å². The molecule has 3 aromatic heterocycles. The van der Waals surface area contributed by atoms with Gasteiger partial charge in [0.2, 0.25) is 0 Å². The number of hydrogen-bond acceptors (Lipinski definition) is 7. The summed E-state index contributed by atoms with van der Waals surface area (Å²) in [6, 6.07) is 9.65. The van der Waals surface area contributed by atoms with Crippen molar-refractivity contribution < 1.29 is 5.11 Å². The first-order valence-corrected chi connectivity index (χ1v) is 11.1. The second-order valence-electron chi connectivity index (χ2n) is 7.43. The van der Waals surface area contributed by atoms with Crippen LogP contribution in [0.15, 0.2) is 42.7 Å². The van der Waals surface area contributed by atoms with Crippen molar-refractivity contribution in [2.75, 3.05) is 18.4 Å². The zero-order valence-corrected chi connectivity index (χ0v) is 17.7. The standard InChI is InChI=1S/C21H21ClN6OS/c22-17-2-1-7-23-19(17)13-3-4-18-16(10-13)20(27-26-18)25-21-24-11-15(30-21)12-28-8-5-14(29)6-9-28/h1-4,7,10-11,14,29H,5-6,8-9,12H2,(H2,24,25,26,27). The van der Waals surface area contributed by atoms with E-state index in [0.717, 1.165) is 65.6 Å². The van der Waals surface area contributed by atoms with E-state index in [0.29, 0.717) is 5.02 Å². The molecule has 4 heterocycles. The molecule has 0 spiro atoms. The Bertz CT molecular complexity index is 1170. The van der Waals surface area contributed by atoms with Crippen molar-refractivity contribution in [3.8, 4) is 11.3 Å². The van der Waals surface area contributed by atoms with Gasteiger partial charge in [0.15, 0.2) is 10.9 Å². The molecule has 0 saturated carbocycles. The minimum absolute atomic E-state index is 0.154. The highest BCUT2D eigenvalue weighted by molar-refractivity contribution is 7.15. The number of benzene rings is 1. The Morgan fingerprint density at radius 2 is 2.10 bits per heavy atom. The molecule has 0 aliphatic carbocycles. The SMILES string of the molecule is OC1CCN(Cc2cnc(Nc3n[nH]c4ccc(-c5ncccc5Cl)cc34)s2)CC1. The van der Waals surface area contributed by atoms with E-state index in [4.69, 9.17) is 11.6 Å². The number of aliphatic hydroxyl groups excluding tert-OH is 1. The van der Waals surface area contributed by atoms with E-state index < -0.39 is 0 Å². The number of aromatic nitrogens is 4. The van der Waals surface area contributed by atoms with E-state index in [1.807, 2.05) is 36.5 Å². The van der Waals surface area contributed by atoms with E-state index >= 15 is 0 Å². The summed E-state index contributed by atoms with van der Waals surface area (Å²) in [4.78, 5) is 12.5. The molecule has 0 atom stereocenters. The van der Waals surface area contributed by atoms with Gasteiger partial charge in [-0.2, -0.15) is 5.10 Å². The predicted molar refractivity (Wildman–Crippen MR) is 120 cm³/mol. The summed E-state index contributed by atoms with van der Waals surface area (Å²) in [6.07, 6.45) is 5.17. The van der Waals surface area contributed by atoms with Gasteiger partial charge in [0.1, 0.15) is 0 Å². The van der Waals surface area contributed by atoms with Crippen LogP contribution in [0.5, 0.6) is 0 Å². The molecule has 30 heavy (non-hydrogen) atoms. The molecule has 1 aliphatic rings. The molecule has 1 aromatic carbocycles. The number of halogens is 1. The number of nitrogens with one attached hydrogen (secondary N) is 2. The molecule has 0 unspecified atom stereocenters. The maximum Gasteiger partial charge on any atom is 0.188 e. The zero-order valence-electron chi connectivity index (χ0n) is 16.2. The number of fused-ring (bicyclic) bond motifs is 1. The molecule has 1 aliphatic heterocycles. The summed E-state index contributed by atoms with van der Waals surface area (Å²) in [5.41, 5.74) is 2.61. The summed E-state index contributed by atoms with van der Waals surface area (Å²) in [5.74, 6) is 0.723. The van der Waals surface area contributed by atoms with Gasteiger partial charge in [0.25, 0.3) is 0 Å². The Hall–Kier alpha value is -2.52. The first-order valence-electron chi connectivity index (χ1n) is 9.87. The molecule has 0 bridgehead atoms. The number of likely N-dealkylation sites (tertiary alicyclic amines) is 1. The molecule has 0 radical (unpaired) electrons. The van der Waals surface area contributed by atoms with Gasteiger partial charge in [0, 0.05) is 47.9 Å². The lowest BCUT2D eigenvalue weighted by Crippen LogP contribution is -2.35. The van der Waals surface area contributed by atoms with E-state index in [1.165, 1.54) is 4.88 Å². The smallest absolute Gasteiger partial charge is 0.188 e. The quantitative estimate of drug-likeness (QED) is 0.425. The number of hydrogen-bond donors (Lipinski definition) is 3. The van der Waals surface area contributed by atoms with Crippen LogP contribution in [0.2, 0.25) is 5.02 Å². The molecule has 7 nitrogen and oxygen atoms in total. The fourth-order valence-electron chi connectivity index (χ4n) is 3.69. The van der Waals surface area contributed by atoms with Gasteiger partial charge in [-0.05, 0) is 37.1 Å². The number of nitrogens with zero attached hydrogens (tertiary/aromatic N) is 4. The predicted octanol–water partition coefficient (Wildman–Crippen LogP) is 4.44. The number of aliphatic hydroxyl groups is 1. The monoisotopic (exact) mass is 440 g/mol. The molecule has 1 fully saturated rings. The normalized spacial score (nSPS) is 15.7. The first kappa shape index (κ1) is 19.4. The third kappa shape index (κ3) is 4.04. The maximum atomic E-state index is 9.67. The van der Waals surface area contributed by atoms with Crippen LogP contribution in [0.3, 0.4) is 0 Å². The molecule has 9 heteroatoms. The highest BCUT2D eigenvalue weighted by atomic mass is 35.5. The van der Waals surface area contributed by atoms with Gasteiger partial charge in [-0.25, -0.2) is 4.98 Å². The summed E-state index contributed by atoms with van der Waals surface area (Å²) >= 11 is 7.94. The Morgan fingerprint density at radius 1 is 1.23 bits per heavy atom. The average Bonchev–Trinajstić information content (AvgIpc) is 3.37. The van der Waals surface area contributed by atoms with Crippen LogP contribution in [-0.4, -0.2) is 49.4 Å². The van der Waals surface area contributed by atoms with Gasteiger partial charge in [-0.3, -0.25) is 15.0 Å². The average molecular weight is 441 g/mol. The van der Waals surface area contributed by atoms with E-state index in [1.54, 1.807) is 17.5 Å². The topological polar surface area (TPSA) is 90.0 Å². The largest absolute Gasteiger partial charge is 0.393 e. The van der Waals surface area contributed by atoms with Crippen LogP contribution < -0.4 is 5.32 Å². The third-order valence-corrected chi connectivity index (χ3v) is 6.51. The van der Waals surface area contributed by atoms with Crippen LogP contribution in [0.4, 0.5) is 10.9 Å². The van der Waals surface area contributed by atoms with Crippen LogP contribution in [0.25, 0.3) is 22.2 Å². The Labute approximate surface area is 182 Å². The van der Waals surface area contributed by atoms with Gasteiger partial charge < -0.3 is 10.4 Å². The Balaban J connectivity index is 1.35. The van der Waals surface area contributed by atoms with E-state index in [2.05, 4.69) is 30.4 Å². The fraction of sp³-hybridized carbons (Fsp3) is 0.286. The molecule has 3 N–H and O–H groups in total. The van der Waals surface area contributed by atoms with Crippen molar-refractivity contribution in [1.82, 2.24) is 25.1 Å². The van der Waals surface area contributed by atoms with Crippen LogP contribution in [0.1, 0.15) is 17.7 Å². The second-order valence-corrected chi connectivity index (χ2v) is 8.95. The Kier molecular flexibility index (Phi) is 5.39. The van der Waals surface area contributed by atoms with Crippen LogP contribution in [-0.2, 0) is 6.54 Å². The number of pyridine rings is 1. The van der Waals surface area contributed by atoms with Crippen molar-refractivity contribution in [3.63, 3.8) is 0 Å². The highest BCUT2D eigenvalue weighted by Gasteiger charge is 2.18. The van der Waals surface area contributed by atoms with Gasteiger partial charge in [-0.1, -0.05) is 17.7 Å². The molecule has 1 saturated heterocycles. The molecule has 5 rings (SSSR count). The fourth-order valence-corrected chi connectivity index (χ4v) is 4.78. The number of rotatable bonds is 5. The minimum Gasteiger partial charge on any atom is -0.393 e. The zero-order chi connectivity index (χ0) is 20.5. The summed E-state index contributed by atoms with van der Waals surface area (Å²) in [5, 5.41) is 22.9. The van der Waals surface area contributed by atoms with Gasteiger partial charge in [-0.15, -0.1) is 11.3 Å². The lowest BCUT2D eigenvalue weighted by molar-refractivity contribution is 0.0797. The van der Waals surface area contributed by atoms with Crippen molar-refractivity contribution in [2.24, 2.45) is 0 Å². The lowest BCUT2D eigenvalue weighted by Gasteiger charge is -2.28. The van der Waals surface area contributed by atoms with Crippen molar-refractivity contribution in [3.05, 3.63) is 52.6 Å². The Morgan fingerprint density at radius 3 is 2.93 bits per heavy atom. The van der Waals surface area contributed by atoms with Gasteiger partial charge >= 0.3 is 0 Å². The first-order chi connectivity index (χ1) is 14.7. The number of piperidine rings is 1. The van der Waals surface area contributed by atoms with Crippen molar-refractivity contribution in [2.45, 2.75) is 25.5 Å². The highest BCUT2D eigenvalue weighted by Crippen LogP contribution is 2.32. The minimum atomic E-state index is -0.154. The van der Waals surface area contributed by atoms with Crippen LogP contribution >= 0.6 is 22.9 Å². The summed E-state index contributed by atoms with van der Waals surface area (Å²) in [6.45, 7) is 2.70.